The predicted octanol–water partition coefficient (Wildman–Crippen LogP) is 9.15. The van der Waals surface area contributed by atoms with Crippen LogP contribution in [0.25, 0.3) is 32.3 Å². The summed E-state index contributed by atoms with van der Waals surface area (Å²) in [5.41, 5.74) is -5.88. The Morgan fingerprint density at radius 2 is 1.38 bits per heavy atom. The van der Waals surface area contributed by atoms with Crippen molar-refractivity contribution < 1.29 is 31.1 Å². The molecule has 0 aromatic heterocycles. The van der Waals surface area contributed by atoms with Gasteiger partial charge in [-0.15, -0.1) is 0 Å². The van der Waals surface area contributed by atoms with Gasteiger partial charge in [0.25, 0.3) is 10.9 Å². The van der Waals surface area contributed by atoms with Gasteiger partial charge in [0.05, 0.1) is 17.2 Å². The molecule has 1 fully saturated rings. The Morgan fingerprint density at radius 3 is 2.00 bits per heavy atom. The summed E-state index contributed by atoms with van der Waals surface area (Å²) in [7, 11) is 0. The fourth-order valence-corrected chi connectivity index (χ4v) is 7.29. The molecule has 6 aromatic carbocycles. The molecule has 1 aliphatic rings. The van der Waals surface area contributed by atoms with Crippen molar-refractivity contribution in [1.82, 2.24) is 4.90 Å². The van der Waals surface area contributed by atoms with Crippen LogP contribution < -0.4 is 21.5 Å². The molecular formula is C38H31F6N3O3. The number of hydrogen-bond donors (Lipinski definition) is 2. The molecule has 6 aromatic rings. The molecule has 0 spiro atoms. The number of amides is 1. The second-order valence-electron chi connectivity index (χ2n) is 13.4. The Hall–Kier alpha value is -5.13. The monoisotopic (exact) mass is 691 g/mol. The first kappa shape index (κ1) is 33.4. The number of benzene rings is 5. The third-order valence-corrected chi connectivity index (χ3v) is 9.55. The smallest absolute Gasteiger partial charge is 0.369 e. The summed E-state index contributed by atoms with van der Waals surface area (Å²) < 4.78 is 80.9. The lowest BCUT2D eigenvalue weighted by Gasteiger charge is -2.32. The van der Waals surface area contributed by atoms with Crippen LogP contribution in [0.1, 0.15) is 55.8 Å². The molecule has 0 radical (unpaired) electrons. The van der Waals surface area contributed by atoms with Gasteiger partial charge in [0.1, 0.15) is 17.4 Å². The summed E-state index contributed by atoms with van der Waals surface area (Å²) in [5, 5.41) is 11.7. The van der Waals surface area contributed by atoms with Gasteiger partial charge in [0, 0.05) is 12.2 Å². The van der Waals surface area contributed by atoms with Gasteiger partial charge in [0.15, 0.2) is 0 Å². The van der Waals surface area contributed by atoms with E-state index in [0.717, 1.165) is 44.3 Å². The van der Waals surface area contributed by atoms with E-state index >= 15 is 0 Å². The third-order valence-electron chi connectivity index (χ3n) is 9.55. The molecule has 1 saturated heterocycles. The highest BCUT2D eigenvalue weighted by atomic mass is 19.4. The molecular weight excluding hydrogens is 660 g/mol. The highest BCUT2D eigenvalue weighted by Gasteiger charge is 2.39. The van der Waals surface area contributed by atoms with Crippen LogP contribution >= 0.6 is 0 Å². The van der Waals surface area contributed by atoms with Crippen molar-refractivity contribution in [2.24, 2.45) is 5.92 Å². The Balaban J connectivity index is 1.21. The van der Waals surface area contributed by atoms with E-state index in [-0.39, 0.29) is 36.0 Å². The molecule has 6 nitrogen and oxygen atoms in total. The summed E-state index contributed by atoms with van der Waals surface area (Å²) in [6.07, 6.45) is -8.57. The normalized spacial score (nSPS) is 16.3. The molecule has 50 heavy (non-hydrogen) atoms. The highest BCUT2D eigenvalue weighted by molar-refractivity contribution is 6.23. The zero-order chi connectivity index (χ0) is 35.7. The van der Waals surface area contributed by atoms with Gasteiger partial charge in [0.2, 0.25) is 5.91 Å². The summed E-state index contributed by atoms with van der Waals surface area (Å²) in [6, 6.07) is 18.1. The van der Waals surface area contributed by atoms with Gasteiger partial charge in [-0.05, 0) is 81.3 Å². The maximum absolute atomic E-state index is 14.3. The van der Waals surface area contributed by atoms with Crippen LogP contribution in [0.3, 0.4) is 0 Å². The molecule has 258 valence electrons. The second-order valence-corrected chi connectivity index (χ2v) is 13.4. The molecule has 0 aliphatic carbocycles. The third kappa shape index (κ3) is 5.80. The van der Waals surface area contributed by atoms with Crippen LogP contribution in [0.2, 0.25) is 0 Å². The Labute approximate surface area is 281 Å². The van der Waals surface area contributed by atoms with E-state index in [1.54, 1.807) is 4.90 Å². The van der Waals surface area contributed by atoms with Gasteiger partial charge >= 0.3 is 12.4 Å². The quantitative estimate of drug-likeness (QED) is 0.0946. The van der Waals surface area contributed by atoms with Crippen LogP contribution in [-0.4, -0.2) is 23.4 Å². The molecule has 7 rings (SSSR count). The molecule has 2 N–H and O–H groups in total. The van der Waals surface area contributed by atoms with Crippen molar-refractivity contribution in [2.75, 3.05) is 17.2 Å². The molecule has 0 bridgehead atoms. The number of likely N-dealkylation sites (tertiary alicyclic amines) is 1. The van der Waals surface area contributed by atoms with E-state index in [1.807, 2.05) is 32.0 Å². The Kier molecular flexibility index (Phi) is 8.03. The predicted molar refractivity (Wildman–Crippen MR) is 182 cm³/mol. The van der Waals surface area contributed by atoms with Crippen molar-refractivity contribution in [3.05, 3.63) is 110 Å². The van der Waals surface area contributed by atoms with Crippen molar-refractivity contribution in [2.45, 2.75) is 57.5 Å². The van der Waals surface area contributed by atoms with Gasteiger partial charge in [-0.25, -0.2) is 0 Å². The number of hydrogen-bond acceptors (Lipinski definition) is 5. The van der Waals surface area contributed by atoms with Gasteiger partial charge < -0.3 is 15.5 Å². The first-order chi connectivity index (χ1) is 23.6. The number of carbonyl (C=O) groups excluding carboxylic acids is 1. The largest absolute Gasteiger partial charge is 0.416 e. The maximum atomic E-state index is 14.3. The van der Waals surface area contributed by atoms with E-state index in [4.69, 9.17) is 0 Å². The SMILES string of the molecule is CC(C)C[C@H](Nc1c(Nc2cc(C(F)(F)F)cc(C(F)(F)F)c2)c(=O)c1=O)C(=O)N1CCC[C@@H]1c1ccc2ccc3cccc4ccc1c2c34. The van der Waals surface area contributed by atoms with Crippen LogP contribution in [0.4, 0.5) is 43.4 Å². The topological polar surface area (TPSA) is 78.5 Å². The number of rotatable bonds is 8. The molecule has 1 heterocycles. The van der Waals surface area contributed by atoms with E-state index in [9.17, 15) is 40.7 Å². The standard InChI is InChI=1S/C38H31F6N3O3/c1-19(2)15-28(46-33-32(34(48)35(33)49)45-25-17-23(37(39,40)41)16-24(18-25)38(42,43)44)36(50)47-14-4-7-29(47)26-12-10-22-9-8-20-5-3-6-21-11-13-27(26)31(22)30(20)21/h3,5-6,8-13,16-19,28-29,45-46H,4,7,14-15H2,1-2H3/t28-,29+/m0/s1. The van der Waals surface area contributed by atoms with Crippen LogP contribution in [0.15, 0.2) is 82.4 Å². The molecule has 12 heteroatoms. The van der Waals surface area contributed by atoms with Crippen molar-refractivity contribution in [3.8, 4) is 0 Å². The van der Waals surface area contributed by atoms with Gasteiger partial charge in [-0.3, -0.25) is 14.4 Å². The van der Waals surface area contributed by atoms with Crippen LogP contribution in [-0.2, 0) is 17.1 Å². The number of halogens is 6. The van der Waals surface area contributed by atoms with Crippen LogP contribution in [0.5, 0.6) is 0 Å². The average molecular weight is 692 g/mol. The van der Waals surface area contributed by atoms with Crippen molar-refractivity contribution in [1.29, 1.82) is 0 Å². The van der Waals surface area contributed by atoms with E-state index in [0.29, 0.717) is 25.1 Å². The van der Waals surface area contributed by atoms with Gasteiger partial charge in [-0.2, -0.15) is 26.3 Å². The zero-order valence-corrected chi connectivity index (χ0v) is 26.9. The fraction of sp³-hybridized carbons (Fsp3) is 0.289. The lowest BCUT2D eigenvalue weighted by atomic mass is 9.89. The maximum Gasteiger partial charge on any atom is 0.416 e. The lowest BCUT2D eigenvalue weighted by molar-refractivity contribution is -0.143. The summed E-state index contributed by atoms with van der Waals surface area (Å²) in [4.78, 5) is 41.5. The number of anilines is 3. The van der Waals surface area contributed by atoms with Crippen molar-refractivity contribution in [3.63, 3.8) is 0 Å². The molecule has 2 atom stereocenters. The van der Waals surface area contributed by atoms with E-state index < -0.39 is 51.8 Å². The number of nitrogens with zero attached hydrogens (tertiary/aromatic N) is 1. The van der Waals surface area contributed by atoms with Gasteiger partial charge in [-0.1, -0.05) is 68.4 Å². The van der Waals surface area contributed by atoms with E-state index in [2.05, 4.69) is 47.0 Å². The number of nitrogens with one attached hydrogen (secondary N) is 2. The molecule has 0 saturated carbocycles. The minimum absolute atomic E-state index is 0.0306. The zero-order valence-electron chi connectivity index (χ0n) is 26.9. The number of carbonyl (C=O) groups is 1. The Bertz CT molecular complexity index is 2290. The molecule has 1 amide bonds. The molecule has 1 aliphatic heterocycles. The first-order valence-corrected chi connectivity index (χ1v) is 16.2. The summed E-state index contributed by atoms with van der Waals surface area (Å²) >= 11 is 0. The summed E-state index contributed by atoms with van der Waals surface area (Å²) in [6.45, 7) is 4.17. The minimum atomic E-state index is -5.11. The number of alkyl halides is 6. The highest BCUT2D eigenvalue weighted by Crippen LogP contribution is 2.43. The second kappa shape index (κ2) is 12.0. The van der Waals surface area contributed by atoms with Crippen LogP contribution in [0, 0.1) is 5.92 Å². The minimum Gasteiger partial charge on any atom is -0.369 e. The lowest BCUT2D eigenvalue weighted by Crippen LogP contribution is -2.46. The fourth-order valence-electron chi connectivity index (χ4n) is 7.29. The molecule has 0 unspecified atom stereocenters. The average Bonchev–Trinajstić information content (AvgIpc) is 3.56. The Morgan fingerprint density at radius 1 is 0.800 bits per heavy atom. The first-order valence-electron chi connectivity index (χ1n) is 16.2. The van der Waals surface area contributed by atoms with E-state index in [1.165, 1.54) is 0 Å². The van der Waals surface area contributed by atoms with Crippen molar-refractivity contribution >= 4 is 55.3 Å². The summed E-state index contributed by atoms with van der Waals surface area (Å²) in [5.74, 6) is -0.392.